The molecule has 0 saturated carbocycles. The van der Waals surface area contributed by atoms with Gasteiger partial charge in [0.2, 0.25) is 0 Å². The van der Waals surface area contributed by atoms with Crippen LogP contribution in [-0.2, 0) is 0 Å². The van der Waals surface area contributed by atoms with Crippen LogP contribution in [0.1, 0.15) is 0 Å². The number of nitrogens with two attached hydrogens (primary N) is 1. The van der Waals surface area contributed by atoms with Crippen molar-refractivity contribution in [2.24, 2.45) is 0 Å². The lowest BCUT2D eigenvalue weighted by molar-refractivity contribution is 0.504. The van der Waals surface area contributed by atoms with Crippen molar-refractivity contribution in [3.8, 4) is 17.1 Å². The van der Waals surface area contributed by atoms with E-state index in [0.29, 0.717) is 11.4 Å². The molecule has 0 amide bonds. The fourth-order valence-electron chi connectivity index (χ4n) is 1.88. The van der Waals surface area contributed by atoms with Crippen molar-refractivity contribution in [2.45, 2.75) is 0 Å². The van der Waals surface area contributed by atoms with Crippen molar-refractivity contribution in [3.05, 3.63) is 54.5 Å². The van der Waals surface area contributed by atoms with Crippen LogP contribution in [0.3, 0.4) is 0 Å². The van der Waals surface area contributed by atoms with Crippen LogP contribution in [0.5, 0.6) is 0 Å². The van der Waals surface area contributed by atoms with Crippen LogP contribution >= 0.6 is 0 Å². The first-order valence-corrected chi connectivity index (χ1v) is 5.74. The second-order valence-electron chi connectivity index (χ2n) is 4.03. The predicted octanol–water partition coefficient (Wildman–Crippen LogP) is 2.19. The molecule has 0 fully saturated rings. The van der Waals surface area contributed by atoms with Gasteiger partial charge >= 0.3 is 0 Å². The lowest BCUT2D eigenvalue weighted by atomic mass is 10.2. The van der Waals surface area contributed by atoms with Gasteiger partial charge < -0.3 is 5.73 Å². The highest BCUT2D eigenvalue weighted by atomic mass is 19.2. The van der Waals surface area contributed by atoms with Crippen LogP contribution in [0.4, 0.5) is 14.6 Å². The Morgan fingerprint density at radius 1 is 1.10 bits per heavy atom. The summed E-state index contributed by atoms with van der Waals surface area (Å²) >= 11 is 0. The maximum absolute atomic E-state index is 13.9. The van der Waals surface area contributed by atoms with Gasteiger partial charge in [0.05, 0.1) is 11.3 Å². The Morgan fingerprint density at radius 3 is 2.75 bits per heavy atom. The summed E-state index contributed by atoms with van der Waals surface area (Å²) in [6.07, 6.45) is 2.82. The van der Waals surface area contributed by atoms with E-state index in [1.54, 1.807) is 12.1 Å². The molecule has 2 heterocycles. The van der Waals surface area contributed by atoms with E-state index in [4.69, 9.17) is 5.73 Å². The zero-order chi connectivity index (χ0) is 14.1. The van der Waals surface area contributed by atoms with Gasteiger partial charge in [-0.2, -0.15) is 0 Å². The quantitative estimate of drug-likeness (QED) is 0.777. The highest BCUT2D eigenvalue weighted by Crippen LogP contribution is 2.25. The zero-order valence-electron chi connectivity index (χ0n) is 10.2. The van der Waals surface area contributed by atoms with Crippen LogP contribution in [-0.4, -0.2) is 19.7 Å². The van der Waals surface area contributed by atoms with Gasteiger partial charge in [0.15, 0.2) is 17.5 Å². The summed E-state index contributed by atoms with van der Waals surface area (Å²) in [6, 6.07) is 7.23. The topological polar surface area (TPSA) is 69.6 Å². The molecule has 100 valence electrons. The number of halogens is 2. The third-order valence-corrected chi connectivity index (χ3v) is 2.82. The summed E-state index contributed by atoms with van der Waals surface area (Å²) in [5, 5.41) is 7.63. The van der Waals surface area contributed by atoms with Gasteiger partial charge in [-0.05, 0) is 24.3 Å². The van der Waals surface area contributed by atoms with Crippen molar-refractivity contribution in [1.29, 1.82) is 0 Å². The van der Waals surface area contributed by atoms with E-state index in [2.05, 4.69) is 15.2 Å². The van der Waals surface area contributed by atoms with Crippen LogP contribution in [0.2, 0.25) is 0 Å². The Balaban J connectivity index is 2.21. The minimum absolute atomic E-state index is 0.00764. The largest absolute Gasteiger partial charge is 0.383 e. The number of anilines is 1. The highest BCUT2D eigenvalue weighted by Gasteiger charge is 2.16. The van der Waals surface area contributed by atoms with Crippen LogP contribution in [0, 0.1) is 11.6 Å². The number of rotatable bonds is 2. The van der Waals surface area contributed by atoms with Crippen molar-refractivity contribution in [3.63, 3.8) is 0 Å². The Hall–Kier alpha value is -2.83. The number of benzene rings is 1. The summed E-state index contributed by atoms with van der Waals surface area (Å²) in [5.74, 6) is -1.39. The second-order valence-corrected chi connectivity index (χ2v) is 4.03. The van der Waals surface area contributed by atoms with Crippen molar-refractivity contribution < 1.29 is 8.78 Å². The molecule has 0 saturated heterocycles. The SMILES string of the molecule is Nc1ncccc1-c1nncn1-c1cccc(F)c1F. The van der Waals surface area contributed by atoms with Crippen molar-refractivity contribution in [1.82, 2.24) is 19.7 Å². The fraction of sp³-hybridized carbons (Fsp3) is 0. The molecule has 1 aromatic carbocycles. The minimum Gasteiger partial charge on any atom is -0.383 e. The summed E-state index contributed by atoms with van der Waals surface area (Å²) in [6.45, 7) is 0. The summed E-state index contributed by atoms with van der Waals surface area (Å²) in [7, 11) is 0. The number of hydrogen-bond donors (Lipinski definition) is 1. The van der Waals surface area contributed by atoms with Gasteiger partial charge in [0.25, 0.3) is 0 Å². The van der Waals surface area contributed by atoms with Gasteiger partial charge in [-0.15, -0.1) is 10.2 Å². The lowest BCUT2D eigenvalue weighted by Gasteiger charge is -2.09. The molecule has 0 radical (unpaired) electrons. The van der Waals surface area contributed by atoms with E-state index in [9.17, 15) is 8.78 Å². The van der Waals surface area contributed by atoms with Gasteiger partial charge in [-0.25, -0.2) is 13.8 Å². The van der Waals surface area contributed by atoms with Gasteiger partial charge in [-0.1, -0.05) is 6.07 Å². The molecule has 0 bridgehead atoms. The Morgan fingerprint density at radius 2 is 1.95 bits per heavy atom. The summed E-state index contributed by atoms with van der Waals surface area (Å²) in [5.41, 5.74) is 6.27. The molecule has 5 nitrogen and oxygen atoms in total. The number of nitrogens with zero attached hydrogens (tertiary/aromatic N) is 4. The van der Waals surface area contributed by atoms with Gasteiger partial charge in [-0.3, -0.25) is 4.57 Å². The van der Waals surface area contributed by atoms with Gasteiger partial charge in [0, 0.05) is 6.20 Å². The maximum atomic E-state index is 13.9. The smallest absolute Gasteiger partial charge is 0.182 e. The first kappa shape index (κ1) is 12.2. The van der Waals surface area contributed by atoms with E-state index in [1.807, 2.05) is 0 Å². The molecule has 0 aliphatic rings. The monoisotopic (exact) mass is 273 g/mol. The average Bonchev–Trinajstić information content (AvgIpc) is 2.91. The molecule has 2 N–H and O–H groups in total. The predicted molar refractivity (Wildman–Crippen MR) is 68.9 cm³/mol. The standard InChI is InChI=1S/C13H9F2N5/c14-9-4-1-5-10(11(9)15)20-7-18-19-13(20)8-3-2-6-17-12(8)16/h1-7H,(H2,16,17). The third kappa shape index (κ3) is 1.89. The molecular formula is C13H9F2N5. The minimum atomic E-state index is -0.976. The molecule has 0 aliphatic carbocycles. The number of pyridine rings is 1. The molecule has 3 rings (SSSR count). The molecule has 0 atom stereocenters. The average molecular weight is 273 g/mol. The normalized spacial score (nSPS) is 10.7. The first-order valence-electron chi connectivity index (χ1n) is 5.74. The number of hydrogen-bond acceptors (Lipinski definition) is 4. The Labute approximate surface area is 112 Å². The fourth-order valence-corrected chi connectivity index (χ4v) is 1.88. The summed E-state index contributed by atoms with van der Waals surface area (Å²) < 4.78 is 28.5. The van der Waals surface area contributed by atoms with E-state index >= 15 is 0 Å². The molecule has 0 aliphatic heterocycles. The molecule has 0 spiro atoms. The van der Waals surface area contributed by atoms with Crippen LogP contribution < -0.4 is 5.73 Å². The third-order valence-electron chi connectivity index (χ3n) is 2.82. The van der Waals surface area contributed by atoms with E-state index < -0.39 is 11.6 Å². The molecule has 3 aromatic rings. The first-order chi connectivity index (χ1) is 9.68. The lowest BCUT2D eigenvalue weighted by Crippen LogP contribution is -2.03. The van der Waals surface area contributed by atoms with E-state index in [-0.39, 0.29) is 11.5 Å². The van der Waals surface area contributed by atoms with Gasteiger partial charge in [0.1, 0.15) is 12.1 Å². The Kier molecular flexibility index (Phi) is 2.86. The molecule has 20 heavy (non-hydrogen) atoms. The van der Waals surface area contributed by atoms with E-state index in [0.717, 1.165) is 6.07 Å². The number of nitrogen functional groups attached to an aromatic ring is 1. The van der Waals surface area contributed by atoms with Crippen molar-refractivity contribution >= 4 is 5.82 Å². The molecule has 2 aromatic heterocycles. The number of aromatic nitrogens is 4. The zero-order valence-corrected chi connectivity index (χ0v) is 10.2. The van der Waals surface area contributed by atoms with Crippen LogP contribution in [0.15, 0.2) is 42.9 Å². The van der Waals surface area contributed by atoms with E-state index in [1.165, 1.54) is 29.2 Å². The highest BCUT2D eigenvalue weighted by molar-refractivity contribution is 5.69. The Bertz CT molecular complexity index is 769. The van der Waals surface area contributed by atoms with Crippen LogP contribution in [0.25, 0.3) is 17.1 Å². The summed E-state index contributed by atoms with van der Waals surface area (Å²) in [4.78, 5) is 3.94. The maximum Gasteiger partial charge on any atom is 0.182 e. The molecule has 7 heteroatoms. The second kappa shape index (κ2) is 4.69. The van der Waals surface area contributed by atoms with Crippen molar-refractivity contribution in [2.75, 3.05) is 5.73 Å². The molecular weight excluding hydrogens is 264 g/mol. The molecule has 0 unspecified atom stereocenters.